The van der Waals surface area contributed by atoms with Gasteiger partial charge in [-0.1, -0.05) is 6.07 Å². The van der Waals surface area contributed by atoms with Crippen molar-refractivity contribution in [2.24, 2.45) is 0 Å². The average Bonchev–Trinajstić information content (AvgIpc) is 3.27. The zero-order chi connectivity index (χ0) is 18.1. The summed E-state index contributed by atoms with van der Waals surface area (Å²) in [6.07, 6.45) is 1.63. The van der Waals surface area contributed by atoms with E-state index in [2.05, 4.69) is 4.72 Å². The number of amides is 1. The molecule has 2 N–H and O–H groups in total. The molecule has 1 aliphatic rings. The monoisotopic (exact) mass is 354 g/mol. The maximum atomic E-state index is 12.7. The van der Waals surface area contributed by atoms with E-state index in [0.29, 0.717) is 5.56 Å². The predicted molar refractivity (Wildman–Crippen MR) is 88.3 cm³/mol. The summed E-state index contributed by atoms with van der Waals surface area (Å²) >= 11 is 0. The van der Waals surface area contributed by atoms with Crippen molar-refractivity contribution in [2.75, 3.05) is 6.54 Å². The second kappa shape index (κ2) is 6.90. The van der Waals surface area contributed by atoms with E-state index >= 15 is 0 Å². The Balaban J connectivity index is 2.36. The molecule has 0 spiro atoms. The minimum atomic E-state index is -3.68. The number of carbonyl (C=O) groups is 2. The fraction of sp³-hybridized carbons (Fsp3) is 0.500. The van der Waals surface area contributed by atoms with E-state index in [1.165, 1.54) is 17.0 Å². The molecule has 0 aromatic heterocycles. The number of carboxylic acid groups (broad SMARTS) is 1. The topological polar surface area (TPSA) is 104 Å². The second-order valence-electron chi connectivity index (χ2n) is 6.29. The van der Waals surface area contributed by atoms with Gasteiger partial charge >= 0.3 is 5.97 Å². The maximum absolute atomic E-state index is 12.7. The molecular weight excluding hydrogens is 332 g/mol. The summed E-state index contributed by atoms with van der Waals surface area (Å²) in [7, 11) is -3.68. The van der Waals surface area contributed by atoms with Gasteiger partial charge in [-0.2, -0.15) is 0 Å². The van der Waals surface area contributed by atoms with Crippen LogP contribution in [0.15, 0.2) is 23.1 Å². The largest absolute Gasteiger partial charge is 0.480 e. The van der Waals surface area contributed by atoms with Gasteiger partial charge < -0.3 is 10.0 Å². The molecule has 0 radical (unpaired) electrons. The lowest BCUT2D eigenvalue weighted by atomic mass is 10.1. The number of carbonyl (C=O) groups excluding carboxylic acids is 1. The van der Waals surface area contributed by atoms with Crippen LogP contribution in [-0.2, 0) is 14.8 Å². The third-order valence-electron chi connectivity index (χ3n) is 3.84. The molecule has 132 valence electrons. The molecule has 1 aliphatic carbocycles. The maximum Gasteiger partial charge on any atom is 0.323 e. The lowest BCUT2D eigenvalue weighted by molar-refractivity contribution is -0.138. The van der Waals surface area contributed by atoms with Gasteiger partial charge in [0.25, 0.3) is 5.91 Å². The van der Waals surface area contributed by atoms with Crippen molar-refractivity contribution in [2.45, 2.75) is 50.6 Å². The third kappa shape index (κ3) is 4.33. The third-order valence-corrected chi connectivity index (χ3v) is 5.36. The first-order valence-electron chi connectivity index (χ1n) is 7.77. The van der Waals surface area contributed by atoms with Gasteiger partial charge in [0, 0.05) is 17.6 Å². The second-order valence-corrected chi connectivity index (χ2v) is 8.01. The highest BCUT2D eigenvalue weighted by Crippen LogP contribution is 2.24. The minimum absolute atomic E-state index is 0.0161. The van der Waals surface area contributed by atoms with Crippen LogP contribution in [0.3, 0.4) is 0 Å². The summed E-state index contributed by atoms with van der Waals surface area (Å²) in [4.78, 5) is 24.9. The Hall–Kier alpha value is -1.93. The summed E-state index contributed by atoms with van der Waals surface area (Å²) in [6.45, 7) is 4.68. The summed E-state index contributed by atoms with van der Waals surface area (Å²) in [5.74, 6) is -1.61. The van der Waals surface area contributed by atoms with E-state index in [0.717, 1.165) is 12.8 Å². The molecule has 0 bridgehead atoms. The summed E-state index contributed by atoms with van der Waals surface area (Å²) in [5.41, 5.74) is 0.796. The number of aryl methyl sites for hydroxylation is 1. The molecule has 0 saturated heterocycles. The average molecular weight is 354 g/mol. The highest BCUT2D eigenvalue weighted by molar-refractivity contribution is 7.89. The zero-order valence-electron chi connectivity index (χ0n) is 13.9. The molecule has 8 heteroatoms. The van der Waals surface area contributed by atoms with E-state index < -0.39 is 28.4 Å². The molecule has 0 atom stereocenters. The smallest absolute Gasteiger partial charge is 0.323 e. The van der Waals surface area contributed by atoms with Gasteiger partial charge in [-0.3, -0.25) is 9.59 Å². The van der Waals surface area contributed by atoms with Gasteiger partial charge in [0.2, 0.25) is 10.0 Å². The lowest BCUT2D eigenvalue weighted by Crippen LogP contribution is -2.41. The molecule has 0 unspecified atom stereocenters. The van der Waals surface area contributed by atoms with Crippen molar-refractivity contribution in [3.63, 3.8) is 0 Å². The Morgan fingerprint density at radius 2 is 1.96 bits per heavy atom. The number of aliphatic carboxylic acids is 1. The van der Waals surface area contributed by atoms with Crippen molar-refractivity contribution in [1.29, 1.82) is 0 Å². The van der Waals surface area contributed by atoms with Gasteiger partial charge in [0.15, 0.2) is 0 Å². The molecule has 2 rings (SSSR count). The van der Waals surface area contributed by atoms with Crippen LogP contribution < -0.4 is 4.72 Å². The molecule has 0 heterocycles. The quantitative estimate of drug-likeness (QED) is 0.770. The molecule has 1 fully saturated rings. The van der Waals surface area contributed by atoms with Crippen LogP contribution >= 0.6 is 0 Å². The molecule has 1 amide bonds. The summed E-state index contributed by atoms with van der Waals surface area (Å²) in [6, 6.07) is 3.98. The van der Waals surface area contributed by atoms with Gasteiger partial charge in [-0.25, -0.2) is 13.1 Å². The first-order valence-corrected chi connectivity index (χ1v) is 9.26. The predicted octanol–water partition coefficient (Wildman–Crippen LogP) is 1.37. The van der Waals surface area contributed by atoms with Gasteiger partial charge in [0.1, 0.15) is 6.54 Å². The van der Waals surface area contributed by atoms with Crippen LogP contribution in [0.2, 0.25) is 0 Å². The molecule has 0 aliphatic heterocycles. The highest BCUT2D eigenvalue weighted by atomic mass is 32.2. The SMILES string of the molecule is Cc1ccc(S(=O)(=O)NC2CC2)cc1C(=O)N(CC(=O)O)C(C)C. The lowest BCUT2D eigenvalue weighted by Gasteiger charge is -2.25. The Kier molecular flexibility index (Phi) is 5.29. The van der Waals surface area contributed by atoms with Crippen LogP contribution in [0.5, 0.6) is 0 Å². The fourth-order valence-corrected chi connectivity index (χ4v) is 3.61. The van der Waals surface area contributed by atoms with Gasteiger partial charge in [0.05, 0.1) is 4.90 Å². The number of benzene rings is 1. The minimum Gasteiger partial charge on any atom is -0.480 e. The number of hydrogen-bond acceptors (Lipinski definition) is 4. The van der Waals surface area contributed by atoms with Crippen molar-refractivity contribution >= 4 is 21.9 Å². The van der Waals surface area contributed by atoms with E-state index in [1.807, 2.05) is 0 Å². The van der Waals surface area contributed by atoms with E-state index in [-0.39, 0.29) is 22.5 Å². The van der Waals surface area contributed by atoms with Crippen LogP contribution in [0.4, 0.5) is 0 Å². The number of hydrogen-bond donors (Lipinski definition) is 2. The first kappa shape index (κ1) is 18.4. The Morgan fingerprint density at radius 1 is 1.33 bits per heavy atom. The molecular formula is C16H22N2O5S. The molecule has 24 heavy (non-hydrogen) atoms. The Bertz CT molecular complexity index is 754. The van der Waals surface area contributed by atoms with Crippen LogP contribution in [0, 0.1) is 6.92 Å². The van der Waals surface area contributed by atoms with Crippen LogP contribution in [-0.4, -0.2) is 48.9 Å². The number of rotatable bonds is 7. The van der Waals surface area contributed by atoms with Gasteiger partial charge in [-0.05, 0) is 51.3 Å². The standard InChI is InChI=1S/C16H22N2O5S/c1-10(2)18(9-15(19)20)16(21)14-8-13(7-4-11(14)3)24(22,23)17-12-5-6-12/h4,7-8,10,12,17H,5-6,9H2,1-3H3,(H,19,20). The van der Waals surface area contributed by atoms with E-state index in [1.54, 1.807) is 26.8 Å². The fourth-order valence-electron chi connectivity index (χ4n) is 2.28. The number of sulfonamides is 1. The molecule has 1 aromatic rings. The van der Waals surface area contributed by atoms with E-state index in [4.69, 9.17) is 5.11 Å². The van der Waals surface area contributed by atoms with E-state index in [9.17, 15) is 18.0 Å². The molecule has 1 aromatic carbocycles. The van der Waals surface area contributed by atoms with Crippen LogP contribution in [0.1, 0.15) is 42.6 Å². The van der Waals surface area contributed by atoms with Crippen molar-refractivity contribution < 1.29 is 23.1 Å². The van der Waals surface area contributed by atoms with Crippen molar-refractivity contribution in [1.82, 2.24) is 9.62 Å². The molecule has 7 nitrogen and oxygen atoms in total. The Labute approximate surface area is 141 Å². The van der Waals surface area contributed by atoms with Crippen molar-refractivity contribution in [3.8, 4) is 0 Å². The summed E-state index contributed by atoms with van der Waals surface area (Å²) < 4.78 is 27.2. The number of carboxylic acids is 1. The van der Waals surface area contributed by atoms with Crippen molar-refractivity contribution in [3.05, 3.63) is 29.3 Å². The Morgan fingerprint density at radius 3 is 2.46 bits per heavy atom. The molecule has 1 saturated carbocycles. The van der Waals surface area contributed by atoms with Gasteiger partial charge in [-0.15, -0.1) is 0 Å². The zero-order valence-corrected chi connectivity index (χ0v) is 14.8. The first-order chi connectivity index (χ1) is 11.1. The number of nitrogens with one attached hydrogen (secondary N) is 1. The normalized spacial score (nSPS) is 14.7. The highest BCUT2D eigenvalue weighted by Gasteiger charge is 2.29. The van der Waals surface area contributed by atoms with Crippen LogP contribution in [0.25, 0.3) is 0 Å². The summed E-state index contributed by atoms with van der Waals surface area (Å²) in [5, 5.41) is 8.99. The number of nitrogens with zero attached hydrogens (tertiary/aromatic N) is 1.